The molecule has 0 aromatic heterocycles. The first-order valence-corrected chi connectivity index (χ1v) is 24.8. The SMILES string of the molecule is CC/C=C\C/C=C\C/C=C\C/C=C\C/C=C\CCCCCC(=O)O[C@H](COC(=O)CCCCCCCCCCCCC/C=C\CCCCCCCC)COP(=O)(O)O. The molecule has 0 heterocycles. The van der Waals surface area contributed by atoms with Crippen molar-refractivity contribution in [2.75, 3.05) is 13.2 Å². The normalized spacial score (nSPS) is 13.1. The van der Waals surface area contributed by atoms with Crippen molar-refractivity contribution in [2.45, 2.75) is 213 Å². The van der Waals surface area contributed by atoms with Crippen LogP contribution in [0.1, 0.15) is 206 Å². The highest BCUT2D eigenvalue weighted by Crippen LogP contribution is 2.36. The van der Waals surface area contributed by atoms with E-state index in [-0.39, 0.29) is 19.4 Å². The number of allylic oxidation sites excluding steroid dienone is 12. The zero-order valence-electron chi connectivity index (χ0n) is 36.9. The molecular formula is C49H85O8P. The van der Waals surface area contributed by atoms with Crippen LogP contribution in [0.2, 0.25) is 0 Å². The van der Waals surface area contributed by atoms with Crippen molar-refractivity contribution in [1.29, 1.82) is 0 Å². The van der Waals surface area contributed by atoms with Crippen LogP contribution in [-0.2, 0) is 28.2 Å². The van der Waals surface area contributed by atoms with Gasteiger partial charge in [0.1, 0.15) is 6.61 Å². The Morgan fingerprint density at radius 1 is 0.466 bits per heavy atom. The Balaban J connectivity index is 3.93. The molecular weight excluding hydrogens is 748 g/mol. The Morgan fingerprint density at radius 3 is 1.28 bits per heavy atom. The largest absolute Gasteiger partial charge is 0.469 e. The van der Waals surface area contributed by atoms with Gasteiger partial charge in [-0.15, -0.1) is 0 Å². The molecule has 0 aliphatic heterocycles. The summed E-state index contributed by atoms with van der Waals surface area (Å²) in [5.74, 6) is -0.924. The molecule has 0 saturated carbocycles. The zero-order valence-corrected chi connectivity index (χ0v) is 37.8. The van der Waals surface area contributed by atoms with Crippen LogP contribution in [0.5, 0.6) is 0 Å². The van der Waals surface area contributed by atoms with E-state index in [1.807, 2.05) is 0 Å². The fraction of sp³-hybridized carbons (Fsp3) is 0.714. The molecule has 0 fully saturated rings. The minimum atomic E-state index is -4.77. The number of phosphoric ester groups is 1. The highest BCUT2D eigenvalue weighted by molar-refractivity contribution is 7.46. The molecule has 0 aliphatic rings. The molecule has 0 bridgehead atoms. The number of rotatable bonds is 42. The molecule has 2 N–H and O–H groups in total. The monoisotopic (exact) mass is 833 g/mol. The van der Waals surface area contributed by atoms with Crippen LogP contribution in [0.4, 0.5) is 0 Å². The topological polar surface area (TPSA) is 119 Å². The smallest absolute Gasteiger partial charge is 0.462 e. The van der Waals surface area contributed by atoms with Crippen LogP contribution in [0.15, 0.2) is 72.9 Å². The molecule has 0 amide bonds. The van der Waals surface area contributed by atoms with E-state index in [0.29, 0.717) is 6.42 Å². The second-order valence-electron chi connectivity index (χ2n) is 15.3. The lowest BCUT2D eigenvalue weighted by Gasteiger charge is -2.18. The Labute approximate surface area is 355 Å². The van der Waals surface area contributed by atoms with E-state index in [2.05, 4.69) is 91.3 Å². The molecule has 58 heavy (non-hydrogen) atoms. The number of ether oxygens (including phenoxy) is 2. The zero-order chi connectivity index (χ0) is 42.5. The van der Waals surface area contributed by atoms with Gasteiger partial charge in [-0.1, -0.05) is 183 Å². The molecule has 1 atom stereocenters. The van der Waals surface area contributed by atoms with E-state index in [1.54, 1.807) is 0 Å². The highest BCUT2D eigenvalue weighted by Gasteiger charge is 2.22. The van der Waals surface area contributed by atoms with Gasteiger partial charge in [0.05, 0.1) is 6.61 Å². The molecule has 0 aromatic rings. The summed E-state index contributed by atoms with van der Waals surface area (Å²) in [5.41, 5.74) is 0. The Bertz CT molecular complexity index is 1170. The second kappa shape index (κ2) is 44.1. The maximum Gasteiger partial charge on any atom is 0.469 e. The number of hydrogen-bond donors (Lipinski definition) is 2. The minimum absolute atomic E-state index is 0.170. The fourth-order valence-corrected chi connectivity index (χ4v) is 6.64. The van der Waals surface area contributed by atoms with Crippen LogP contribution in [-0.4, -0.2) is 41.0 Å². The third kappa shape index (κ3) is 46.2. The lowest BCUT2D eigenvalue weighted by molar-refractivity contribution is -0.161. The van der Waals surface area contributed by atoms with Crippen LogP contribution < -0.4 is 0 Å². The first kappa shape index (κ1) is 55.5. The van der Waals surface area contributed by atoms with Gasteiger partial charge in [0, 0.05) is 12.8 Å². The molecule has 334 valence electrons. The van der Waals surface area contributed by atoms with Gasteiger partial charge in [-0.25, -0.2) is 4.57 Å². The number of hydrogen-bond acceptors (Lipinski definition) is 6. The summed E-state index contributed by atoms with van der Waals surface area (Å²) in [7, 11) is -4.77. The van der Waals surface area contributed by atoms with Gasteiger partial charge in [-0.2, -0.15) is 0 Å². The van der Waals surface area contributed by atoms with E-state index in [1.165, 1.54) is 103 Å². The van der Waals surface area contributed by atoms with Crippen LogP contribution in [0, 0.1) is 0 Å². The highest BCUT2D eigenvalue weighted by atomic mass is 31.2. The molecule has 0 aromatic carbocycles. The van der Waals surface area contributed by atoms with Gasteiger partial charge in [-0.3, -0.25) is 14.1 Å². The van der Waals surface area contributed by atoms with Crippen LogP contribution in [0.25, 0.3) is 0 Å². The van der Waals surface area contributed by atoms with Gasteiger partial charge < -0.3 is 19.3 Å². The first-order chi connectivity index (χ1) is 28.3. The summed E-state index contributed by atoms with van der Waals surface area (Å²) in [6.07, 6.45) is 57.7. The lowest BCUT2D eigenvalue weighted by atomic mass is 10.0. The molecule has 0 radical (unpaired) electrons. The predicted octanol–water partition coefficient (Wildman–Crippen LogP) is 14.6. The van der Waals surface area contributed by atoms with E-state index in [0.717, 1.165) is 70.6 Å². The fourth-order valence-electron chi connectivity index (χ4n) is 6.28. The summed E-state index contributed by atoms with van der Waals surface area (Å²) in [6, 6.07) is 0. The van der Waals surface area contributed by atoms with Crippen molar-refractivity contribution >= 4 is 19.8 Å². The third-order valence-corrected chi connectivity index (χ3v) is 10.2. The lowest BCUT2D eigenvalue weighted by Crippen LogP contribution is -2.29. The predicted molar refractivity (Wildman–Crippen MR) is 244 cm³/mol. The Kier molecular flexibility index (Phi) is 42.1. The van der Waals surface area contributed by atoms with Crippen molar-refractivity contribution in [2.24, 2.45) is 0 Å². The van der Waals surface area contributed by atoms with Crippen LogP contribution in [0.3, 0.4) is 0 Å². The maximum atomic E-state index is 12.4. The average Bonchev–Trinajstić information content (AvgIpc) is 3.20. The second-order valence-corrected chi connectivity index (χ2v) is 16.6. The molecule has 9 heteroatoms. The van der Waals surface area contributed by atoms with Crippen molar-refractivity contribution < 1.29 is 37.9 Å². The first-order valence-electron chi connectivity index (χ1n) is 23.2. The molecule has 0 unspecified atom stereocenters. The molecule has 0 spiro atoms. The maximum absolute atomic E-state index is 12.4. The summed E-state index contributed by atoms with van der Waals surface area (Å²) in [5, 5.41) is 0. The number of carbonyl (C=O) groups excluding carboxylic acids is 2. The van der Waals surface area contributed by atoms with Gasteiger partial charge in [0.25, 0.3) is 0 Å². The summed E-state index contributed by atoms with van der Waals surface area (Å²) < 4.78 is 26.4. The molecule has 0 aliphatic carbocycles. The summed E-state index contributed by atoms with van der Waals surface area (Å²) >= 11 is 0. The third-order valence-electron chi connectivity index (χ3n) is 9.71. The molecule has 0 rings (SSSR count). The number of esters is 2. The van der Waals surface area contributed by atoms with E-state index in [9.17, 15) is 14.2 Å². The van der Waals surface area contributed by atoms with Crippen molar-refractivity contribution in [3.63, 3.8) is 0 Å². The quantitative estimate of drug-likeness (QED) is 0.0270. The summed E-state index contributed by atoms with van der Waals surface area (Å²) in [6.45, 7) is 3.55. The van der Waals surface area contributed by atoms with Gasteiger partial charge in [0.2, 0.25) is 0 Å². The van der Waals surface area contributed by atoms with E-state index in [4.69, 9.17) is 19.3 Å². The minimum Gasteiger partial charge on any atom is -0.462 e. The summed E-state index contributed by atoms with van der Waals surface area (Å²) in [4.78, 5) is 43.0. The van der Waals surface area contributed by atoms with Crippen molar-refractivity contribution in [3.8, 4) is 0 Å². The number of unbranched alkanes of at least 4 members (excludes halogenated alkanes) is 20. The molecule has 8 nitrogen and oxygen atoms in total. The van der Waals surface area contributed by atoms with Crippen molar-refractivity contribution in [3.05, 3.63) is 72.9 Å². The van der Waals surface area contributed by atoms with Crippen molar-refractivity contribution in [1.82, 2.24) is 0 Å². The Morgan fingerprint density at radius 2 is 0.828 bits per heavy atom. The van der Waals surface area contributed by atoms with Crippen LogP contribution >= 0.6 is 7.82 Å². The Hall–Kier alpha value is -2.51. The number of phosphoric acid groups is 1. The molecule has 0 saturated heterocycles. The average molecular weight is 833 g/mol. The standard InChI is InChI=1S/C49H85O8P/c1-3-5-7-9-11-13-15-17-19-21-23-24-26-27-29-31-33-35-37-39-41-43-48(50)55-45-47(46-56-58(52,53)54)57-49(51)44-42-40-38-36-34-32-30-28-25-22-20-18-16-14-12-10-8-6-4-2/h6,8,12,14,17-20,25,28,32,34,47H,3-5,7,9-11,13,15-16,21-24,26-27,29-31,33,35-46H2,1-2H3,(H2,52,53,54)/b8-6-,14-12-,19-17-,20-18-,28-25-,34-32-/t47-/m1/s1. The van der Waals surface area contributed by atoms with Gasteiger partial charge in [0.15, 0.2) is 6.10 Å². The van der Waals surface area contributed by atoms with E-state index >= 15 is 0 Å². The van der Waals surface area contributed by atoms with Gasteiger partial charge in [-0.05, 0) is 83.5 Å². The van der Waals surface area contributed by atoms with E-state index < -0.39 is 32.5 Å². The number of carbonyl (C=O) groups is 2. The van der Waals surface area contributed by atoms with Gasteiger partial charge >= 0.3 is 19.8 Å².